The Hall–Kier alpha value is -2.00. The van der Waals surface area contributed by atoms with Crippen molar-refractivity contribution in [1.29, 1.82) is 0 Å². The molecule has 0 saturated carbocycles. The van der Waals surface area contributed by atoms with Gasteiger partial charge in [-0.1, -0.05) is 11.3 Å². The molecule has 0 radical (unpaired) electrons. The number of aromatic nitrogens is 3. The lowest BCUT2D eigenvalue weighted by molar-refractivity contribution is 0.0698. The number of hydrogen-bond donors (Lipinski definition) is 1. The molecule has 108 valence electrons. The summed E-state index contributed by atoms with van der Waals surface area (Å²) in [5.41, 5.74) is 0.802. The molecule has 0 fully saturated rings. The van der Waals surface area contributed by atoms with Gasteiger partial charge in [-0.25, -0.2) is 22.2 Å². The highest BCUT2D eigenvalue weighted by Gasteiger charge is 2.18. The number of para-hydroxylation sites is 1. The van der Waals surface area contributed by atoms with Crippen molar-refractivity contribution in [3.8, 4) is 0 Å². The second-order valence-electron chi connectivity index (χ2n) is 4.39. The van der Waals surface area contributed by atoms with Gasteiger partial charge in [-0.15, -0.1) is 5.10 Å². The molecule has 0 aliphatic heterocycles. The fraction of sp³-hybridized carbons (Fsp3) is 0.364. The SMILES string of the molecule is CN(C)S(=O)(=O)CCn1nnc2cccc(C(=O)O)c21. The van der Waals surface area contributed by atoms with Crippen molar-refractivity contribution in [2.45, 2.75) is 6.54 Å². The summed E-state index contributed by atoms with van der Waals surface area (Å²) < 4.78 is 25.9. The molecule has 0 atom stereocenters. The van der Waals surface area contributed by atoms with Gasteiger partial charge >= 0.3 is 5.97 Å². The zero-order chi connectivity index (χ0) is 14.9. The molecule has 0 saturated heterocycles. The molecule has 2 rings (SSSR count). The zero-order valence-corrected chi connectivity index (χ0v) is 11.8. The topological polar surface area (TPSA) is 105 Å². The van der Waals surface area contributed by atoms with Crippen molar-refractivity contribution in [1.82, 2.24) is 19.3 Å². The van der Waals surface area contributed by atoms with Crippen LogP contribution in [-0.2, 0) is 16.6 Å². The predicted molar refractivity (Wildman–Crippen MR) is 72.0 cm³/mol. The lowest BCUT2D eigenvalue weighted by Gasteiger charge is -2.11. The van der Waals surface area contributed by atoms with Gasteiger partial charge in [-0.3, -0.25) is 0 Å². The van der Waals surface area contributed by atoms with Crippen molar-refractivity contribution >= 4 is 27.0 Å². The van der Waals surface area contributed by atoms with Crippen LogP contribution in [0.25, 0.3) is 11.0 Å². The molecule has 1 heterocycles. The second-order valence-corrected chi connectivity index (χ2v) is 6.69. The number of benzene rings is 1. The number of rotatable bonds is 5. The summed E-state index contributed by atoms with van der Waals surface area (Å²) in [4.78, 5) is 11.2. The van der Waals surface area contributed by atoms with Crippen LogP contribution in [0.4, 0.5) is 0 Å². The molecule has 0 spiro atoms. The molecule has 8 nitrogen and oxygen atoms in total. The molecule has 0 aliphatic rings. The summed E-state index contributed by atoms with van der Waals surface area (Å²) in [5, 5.41) is 16.8. The van der Waals surface area contributed by atoms with Crippen molar-refractivity contribution in [2.75, 3.05) is 19.8 Å². The first-order valence-corrected chi connectivity index (χ1v) is 7.39. The molecule has 20 heavy (non-hydrogen) atoms. The van der Waals surface area contributed by atoms with E-state index in [1.54, 1.807) is 12.1 Å². The van der Waals surface area contributed by atoms with Gasteiger partial charge < -0.3 is 5.11 Å². The van der Waals surface area contributed by atoms with E-state index in [-0.39, 0.29) is 17.9 Å². The Balaban J connectivity index is 2.39. The number of nitrogens with zero attached hydrogens (tertiary/aromatic N) is 4. The summed E-state index contributed by atoms with van der Waals surface area (Å²) in [6.07, 6.45) is 0. The largest absolute Gasteiger partial charge is 0.478 e. The van der Waals surface area contributed by atoms with E-state index >= 15 is 0 Å². The number of carbonyl (C=O) groups is 1. The van der Waals surface area contributed by atoms with Gasteiger partial charge in [-0.05, 0) is 12.1 Å². The Kier molecular flexibility index (Phi) is 3.73. The summed E-state index contributed by atoms with van der Waals surface area (Å²) in [5.74, 6) is -1.28. The molecule has 0 amide bonds. The molecular weight excluding hydrogens is 284 g/mol. The zero-order valence-electron chi connectivity index (χ0n) is 11.0. The van der Waals surface area contributed by atoms with E-state index in [9.17, 15) is 13.2 Å². The van der Waals surface area contributed by atoms with Crippen LogP contribution in [0.2, 0.25) is 0 Å². The van der Waals surface area contributed by atoms with Gasteiger partial charge in [0.05, 0.1) is 17.9 Å². The third-order valence-electron chi connectivity index (χ3n) is 2.88. The predicted octanol–water partition coefficient (Wildman–Crippen LogP) is 0.0209. The summed E-state index contributed by atoms with van der Waals surface area (Å²) in [7, 11) is -0.495. The van der Waals surface area contributed by atoms with Crippen LogP contribution in [0.1, 0.15) is 10.4 Å². The molecule has 2 aromatic rings. The molecule has 0 bridgehead atoms. The van der Waals surface area contributed by atoms with Crippen molar-refractivity contribution < 1.29 is 18.3 Å². The average Bonchev–Trinajstić information content (AvgIpc) is 2.79. The van der Waals surface area contributed by atoms with Gasteiger partial charge in [0.1, 0.15) is 11.0 Å². The van der Waals surface area contributed by atoms with E-state index in [4.69, 9.17) is 5.11 Å². The van der Waals surface area contributed by atoms with E-state index in [1.807, 2.05) is 0 Å². The normalized spacial score (nSPS) is 12.2. The lowest BCUT2D eigenvalue weighted by Crippen LogP contribution is -2.27. The van der Waals surface area contributed by atoms with Gasteiger partial charge in [0.25, 0.3) is 0 Å². The van der Waals surface area contributed by atoms with E-state index < -0.39 is 16.0 Å². The van der Waals surface area contributed by atoms with Crippen LogP contribution in [0.15, 0.2) is 18.2 Å². The number of carboxylic acids is 1. The summed E-state index contributed by atoms with van der Waals surface area (Å²) >= 11 is 0. The molecule has 9 heteroatoms. The van der Waals surface area contributed by atoms with E-state index in [2.05, 4.69) is 10.3 Å². The number of carboxylic acid groups (broad SMARTS) is 1. The van der Waals surface area contributed by atoms with Crippen molar-refractivity contribution in [3.63, 3.8) is 0 Å². The van der Waals surface area contributed by atoms with Crippen molar-refractivity contribution in [2.24, 2.45) is 0 Å². The van der Waals surface area contributed by atoms with Crippen LogP contribution in [0.3, 0.4) is 0 Å². The highest BCUT2D eigenvalue weighted by atomic mass is 32.2. The van der Waals surface area contributed by atoms with E-state index in [0.717, 1.165) is 4.31 Å². The van der Waals surface area contributed by atoms with Crippen LogP contribution in [0, 0.1) is 0 Å². The fourth-order valence-corrected chi connectivity index (χ4v) is 2.51. The Morgan fingerprint density at radius 3 is 2.70 bits per heavy atom. The van der Waals surface area contributed by atoms with Crippen LogP contribution >= 0.6 is 0 Å². The Bertz CT molecular complexity index is 751. The number of hydrogen-bond acceptors (Lipinski definition) is 5. The second kappa shape index (κ2) is 5.17. The third-order valence-corrected chi connectivity index (χ3v) is 4.69. The first-order valence-electron chi connectivity index (χ1n) is 5.78. The fourth-order valence-electron chi connectivity index (χ4n) is 1.74. The maximum Gasteiger partial charge on any atom is 0.337 e. The average molecular weight is 298 g/mol. The minimum absolute atomic E-state index is 0.0430. The number of sulfonamides is 1. The molecule has 1 N–H and O–H groups in total. The monoisotopic (exact) mass is 298 g/mol. The van der Waals surface area contributed by atoms with Gasteiger partial charge in [0.2, 0.25) is 10.0 Å². The van der Waals surface area contributed by atoms with Gasteiger partial charge in [0, 0.05) is 14.1 Å². The maximum atomic E-state index is 11.7. The quantitative estimate of drug-likeness (QED) is 0.834. The summed E-state index contributed by atoms with van der Waals surface area (Å²) in [6.45, 7) is 0.0430. The Morgan fingerprint density at radius 1 is 1.40 bits per heavy atom. The van der Waals surface area contributed by atoms with Crippen LogP contribution in [0.5, 0.6) is 0 Å². The molecule has 1 aromatic heterocycles. The van der Waals surface area contributed by atoms with Gasteiger partial charge in [0.15, 0.2) is 0 Å². The smallest absolute Gasteiger partial charge is 0.337 e. The minimum Gasteiger partial charge on any atom is -0.478 e. The molecule has 1 aromatic carbocycles. The van der Waals surface area contributed by atoms with E-state index in [1.165, 1.54) is 24.8 Å². The first-order chi connectivity index (χ1) is 9.33. The summed E-state index contributed by atoms with van der Waals surface area (Å²) in [6, 6.07) is 4.64. The number of fused-ring (bicyclic) bond motifs is 1. The van der Waals surface area contributed by atoms with Crippen LogP contribution < -0.4 is 0 Å². The molecular formula is C11H14N4O4S. The number of aromatic carboxylic acids is 1. The van der Waals surface area contributed by atoms with Crippen LogP contribution in [-0.4, -0.2) is 58.6 Å². The highest BCUT2D eigenvalue weighted by molar-refractivity contribution is 7.89. The molecule has 0 aliphatic carbocycles. The highest BCUT2D eigenvalue weighted by Crippen LogP contribution is 2.16. The van der Waals surface area contributed by atoms with E-state index in [0.29, 0.717) is 11.0 Å². The molecule has 0 unspecified atom stereocenters. The lowest BCUT2D eigenvalue weighted by atomic mass is 10.2. The minimum atomic E-state index is -3.38. The first kappa shape index (κ1) is 14.4. The van der Waals surface area contributed by atoms with Gasteiger partial charge in [-0.2, -0.15) is 0 Å². The standard InChI is InChI=1S/C11H14N4O4S/c1-14(2)20(18,19)7-6-15-10-8(11(16)17)4-3-5-9(10)12-13-15/h3-5H,6-7H2,1-2H3,(H,16,17). The third kappa shape index (κ3) is 2.63. The number of aryl methyl sites for hydroxylation is 1. The van der Waals surface area contributed by atoms with Crippen molar-refractivity contribution in [3.05, 3.63) is 23.8 Å². The Morgan fingerprint density at radius 2 is 2.10 bits per heavy atom. The Labute approximate surface area is 115 Å². The maximum absolute atomic E-state index is 11.7.